The van der Waals surface area contributed by atoms with Gasteiger partial charge < -0.3 is 0 Å². The number of nitrogens with zero attached hydrogens (tertiary/aromatic N) is 6. The molecule has 0 saturated carbocycles. The van der Waals surface area contributed by atoms with Crippen LogP contribution in [0.1, 0.15) is 11.1 Å². The first kappa shape index (κ1) is 20.4. The highest BCUT2D eigenvalue weighted by atomic mass is 16.2. The number of hydrazone groups is 1. The fourth-order valence-corrected chi connectivity index (χ4v) is 3.84. The number of benzene rings is 2. The molecular weight excluding hydrogens is 418 g/mol. The summed E-state index contributed by atoms with van der Waals surface area (Å²) in [6.07, 6.45) is 3.42. The van der Waals surface area contributed by atoms with Gasteiger partial charge in [0.1, 0.15) is 0 Å². The molecule has 164 valence electrons. The Balaban J connectivity index is 1.61. The molecular formula is C24H21N7O2. The average Bonchev–Trinajstić information content (AvgIpc) is 3.20. The van der Waals surface area contributed by atoms with Crippen molar-refractivity contribution in [1.82, 2.24) is 23.7 Å². The zero-order valence-corrected chi connectivity index (χ0v) is 18.1. The molecule has 0 saturated heterocycles. The fourth-order valence-electron chi connectivity index (χ4n) is 3.84. The largest absolute Gasteiger partial charge is 0.332 e. The molecule has 3 heterocycles. The predicted octanol–water partition coefficient (Wildman–Crippen LogP) is 2.48. The van der Waals surface area contributed by atoms with Crippen LogP contribution < -0.4 is 16.7 Å². The van der Waals surface area contributed by atoms with Crippen molar-refractivity contribution in [2.45, 2.75) is 6.54 Å². The first-order chi connectivity index (χ1) is 16.0. The minimum absolute atomic E-state index is 0.297. The van der Waals surface area contributed by atoms with Gasteiger partial charge in [-0.2, -0.15) is 10.1 Å². The molecule has 9 nitrogen and oxygen atoms in total. The standard InChI is InChI=1S/C24H21N7O2/c1-29-21-20(22(32)30(2)24(29)33)31(15-16-8-4-3-5-9-16)23(27-21)28-26-14-17-12-13-25-19-11-7-6-10-18(17)19/h3-14H,15H2,1-2H3,(H,27,28). The number of hydrogen-bond acceptors (Lipinski definition) is 6. The molecule has 0 radical (unpaired) electrons. The van der Waals surface area contributed by atoms with Gasteiger partial charge in [-0.25, -0.2) is 10.2 Å². The Hall–Kier alpha value is -4.53. The summed E-state index contributed by atoms with van der Waals surface area (Å²) >= 11 is 0. The molecule has 0 unspecified atom stereocenters. The number of fused-ring (bicyclic) bond motifs is 2. The van der Waals surface area contributed by atoms with E-state index in [-0.39, 0.29) is 0 Å². The maximum absolute atomic E-state index is 13.0. The van der Waals surface area contributed by atoms with Crippen molar-refractivity contribution in [3.8, 4) is 0 Å². The average molecular weight is 439 g/mol. The first-order valence-electron chi connectivity index (χ1n) is 10.4. The maximum atomic E-state index is 13.0. The predicted molar refractivity (Wildman–Crippen MR) is 129 cm³/mol. The molecule has 0 bridgehead atoms. The van der Waals surface area contributed by atoms with Gasteiger partial charge in [-0.1, -0.05) is 48.5 Å². The van der Waals surface area contributed by atoms with E-state index in [2.05, 4.69) is 20.5 Å². The van der Waals surface area contributed by atoms with Crippen LogP contribution in [0.15, 0.2) is 81.6 Å². The van der Waals surface area contributed by atoms with E-state index in [1.165, 1.54) is 11.6 Å². The number of hydrogen-bond donors (Lipinski definition) is 1. The van der Waals surface area contributed by atoms with Crippen LogP contribution in [0, 0.1) is 0 Å². The zero-order valence-electron chi connectivity index (χ0n) is 18.1. The van der Waals surface area contributed by atoms with Crippen molar-refractivity contribution in [3.05, 3.63) is 98.8 Å². The van der Waals surface area contributed by atoms with E-state index in [9.17, 15) is 9.59 Å². The second-order valence-electron chi connectivity index (χ2n) is 7.67. The molecule has 0 aliphatic carbocycles. The van der Waals surface area contributed by atoms with E-state index in [0.717, 1.165) is 26.6 Å². The maximum Gasteiger partial charge on any atom is 0.332 e. The number of aromatic nitrogens is 5. The molecule has 0 spiro atoms. The van der Waals surface area contributed by atoms with Gasteiger partial charge in [-0.15, -0.1) is 0 Å². The summed E-state index contributed by atoms with van der Waals surface area (Å²) in [5.74, 6) is 0.363. The Labute approximate surface area is 188 Å². The van der Waals surface area contributed by atoms with E-state index < -0.39 is 11.2 Å². The molecule has 0 atom stereocenters. The Morgan fingerprint density at radius 3 is 2.55 bits per heavy atom. The van der Waals surface area contributed by atoms with E-state index in [4.69, 9.17) is 0 Å². The summed E-state index contributed by atoms with van der Waals surface area (Å²) in [5, 5.41) is 5.35. The van der Waals surface area contributed by atoms with Gasteiger partial charge in [0.2, 0.25) is 5.95 Å². The molecule has 3 aromatic heterocycles. The van der Waals surface area contributed by atoms with Crippen LogP contribution in [0.4, 0.5) is 5.95 Å². The normalized spacial score (nSPS) is 11.6. The molecule has 0 fully saturated rings. The van der Waals surface area contributed by atoms with E-state index >= 15 is 0 Å². The highest BCUT2D eigenvalue weighted by Crippen LogP contribution is 2.19. The Morgan fingerprint density at radius 1 is 0.970 bits per heavy atom. The van der Waals surface area contributed by atoms with E-state index in [1.807, 2.05) is 60.7 Å². The van der Waals surface area contributed by atoms with Gasteiger partial charge in [0.05, 0.1) is 18.3 Å². The lowest BCUT2D eigenvalue weighted by Crippen LogP contribution is -2.37. The number of para-hydroxylation sites is 1. The Kier molecular flexibility index (Phi) is 5.06. The second kappa shape index (κ2) is 8.19. The summed E-state index contributed by atoms with van der Waals surface area (Å²) in [5.41, 5.74) is 5.50. The van der Waals surface area contributed by atoms with Crippen LogP contribution >= 0.6 is 0 Å². The van der Waals surface area contributed by atoms with Crippen LogP contribution in [0.3, 0.4) is 0 Å². The van der Waals surface area contributed by atoms with Crippen molar-refractivity contribution in [1.29, 1.82) is 0 Å². The lowest BCUT2D eigenvalue weighted by Gasteiger charge is -2.09. The van der Waals surface area contributed by atoms with Gasteiger partial charge in [0.15, 0.2) is 11.2 Å². The van der Waals surface area contributed by atoms with Crippen molar-refractivity contribution in [2.75, 3.05) is 5.43 Å². The van der Waals surface area contributed by atoms with Crippen LogP contribution in [-0.4, -0.2) is 29.9 Å². The van der Waals surface area contributed by atoms with Crippen molar-refractivity contribution < 1.29 is 0 Å². The smallest absolute Gasteiger partial charge is 0.298 e. The summed E-state index contributed by atoms with van der Waals surface area (Å²) < 4.78 is 4.19. The van der Waals surface area contributed by atoms with Crippen LogP contribution in [0.5, 0.6) is 0 Å². The molecule has 9 heteroatoms. The highest BCUT2D eigenvalue weighted by molar-refractivity contribution is 5.98. The number of aryl methyl sites for hydroxylation is 1. The van der Waals surface area contributed by atoms with Gasteiger partial charge >= 0.3 is 5.69 Å². The third-order valence-electron chi connectivity index (χ3n) is 5.58. The molecule has 0 aliphatic rings. The quantitative estimate of drug-likeness (QED) is 0.335. The molecule has 0 amide bonds. The highest BCUT2D eigenvalue weighted by Gasteiger charge is 2.19. The molecule has 33 heavy (non-hydrogen) atoms. The number of imidazole rings is 1. The van der Waals surface area contributed by atoms with Crippen LogP contribution in [-0.2, 0) is 20.6 Å². The third kappa shape index (κ3) is 3.59. The topological polar surface area (TPSA) is 99.1 Å². The third-order valence-corrected chi connectivity index (χ3v) is 5.58. The Morgan fingerprint density at radius 2 is 1.73 bits per heavy atom. The van der Waals surface area contributed by atoms with Crippen LogP contribution in [0.2, 0.25) is 0 Å². The molecule has 5 aromatic rings. The number of rotatable bonds is 5. The monoisotopic (exact) mass is 439 g/mol. The molecule has 5 rings (SSSR count). The Bertz CT molecular complexity index is 1620. The molecule has 2 aromatic carbocycles. The summed E-state index contributed by atoms with van der Waals surface area (Å²) in [6.45, 7) is 0.390. The lowest BCUT2D eigenvalue weighted by atomic mass is 10.1. The van der Waals surface area contributed by atoms with E-state index in [1.54, 1.807) is 24.0 Å². The molecule has 1 N–H and O–H groups in total. The second-order valence-corrected chi connectivity index (χ2v) is 7.67. The van der Waals surface area contributed by atoms with Crippen molar-refractivity contribution in [3.63, 3.8) is 0 Å². The van der Waals surface area contributed by atoms with Gasteiger partial charge in [0, 0.05) is 31.2 Å². The van der Waals surface area contributed by atoms with Gasteiger partial charge in [-0.3, -0.25) is 23.5 Å². The van der Waals surface area contributed by atoms with E-state index in [0.29, 0.717) is 23.7 Å². The van der Waals surface area contributed by atoms with Crippen molar-refractivity contribution in [2.24, 2.45) is 19.2 Å². The number of pyridine rings is 1. The molecule has 0 aliphatic heterocycles. The van der Waals surface area contributed by atoms with Gasteiger partial charge in [-0.05, 0) is 17.7 Å². The van der Waals surface area contributed by atoms with Crippen molar-refractivity contribution >= 4 is 34.2 Å². The van der Waals surface area contributed by atoms with Gasteiger partial charge in [0.25, 0.3) is 5.56 Å². The summed E-state index contributed by atoms with van der Waals surface area (Å²) in [6, 6.07) is 19.4. The summed E-state index contributed by atoms with van der Waals surface area (Å²) in [4.78, 5) is 34.3. The zero-order chi connectivity index (χ0) is 22.9. The number of nitrogens with one attached hydrogen (secondary N) is 1. The lowest BCUT2D eigenvalue weighted by molar-refractivity contribution is 0.702. The fraction of sp³-hybridized carbons (Fsp3) is 0.125. The first-order valence-corrected chi connectivity index (χ1v) is 10.4. The summed E-state index contributed by atoms with van der Waals surface area (Å²) in [7, 11) is 3.06. The van der Waals surface area contributed by atoms with Crippen LogP contribution in [0.25, 0.3) is 22.1 Å². The minimum Gasteiger partial charge on any atom is -0.298 e. The number of anilines is 1. The minimum atomic E-state index is -0.435. The SMILES string of the molecule is Cn1c(=O)c2c(nc(NN=Cc3ccnc4ccccc34)n2Cc2ccccc2)n(C)c1=O.